The summed E-state index contributed by atoms with van der Waals surface area (Å²) in [6.45, 7) is 6.12. The molecule has 0 bridgehead atoms. The standard InChI is InChI=1S/C19H23N5OS2/c1-4-11(2)24-15(8-9-22-24)23-17(25)12(3)26-18-16-13-6-5-7-14(13)27-19(16)21-10-20-18/h8-12H,4-7H2,1-3H3,(H,23,25)/t11-,12-/m0/s1. The lowest BCUT2D eigenvalue weighted by Crippen LogP contribution is -2.25. The molecule has 6 nitrogen and oxygen atoms in total. The third-order valence-electron chi connectivity index (χ3n) is 5.05. The van der Waals surface area contributed by atoms with Gasteiger partial charge in [0.25, 0.3) is 0 Å². The number of nitrogens with zero attached hydrogens (tertiary/aromatic N) is 4. The number of hydrogen-bond donors (Lipinski definition) is 1. The van der Waals surface area contributed by atoms with Crippen molar-refractivity contribution < 1.29 is 4.79 Å². The van der Waals surface area contributed by atoms with Crippen molar-refractivity contribution in [2.24, 2.45) is 0 Å². The number of amides is 1. The molecule has 1 aliphatic rings. The van der Waals surface area contributed by atoms with Crippen LogP contribution >= 0.6 is 23.1 Å². The van der Waals surface area contributed by atoms with E-state index in [9.17, 15) is 4.79 Å². The average molecular weight is 402 g/mol. The summed E-state index contributed by atoms with van der Waals surface area (Å²) in [5.41, 5.74) is 1.39. The van der Waals surface area contributed by atoms with Crippen LogP contribution in [0.1, 0.15) is 50.1 Å². The van der Waals surface area contributed by atoms with Gasteiger partial charge < -0.3 is 5.32 Å². The summed E-state index contributed by atoms with van der Waals surface area (Å²) < 4.78 is 1.87. The lowest BCUT2D eigenvalue weighted by Gasteiger charge is -2.16. The van der Waals surface area contributed by atoms with Gasteiger partial charge >= 0.3 is 0 Å². The fourth-order valence-electron chi connectivity index (χ4n) is 3.38. The lowest BCUT2D eigenvalue weighted by atomic mass is 10.2. The number of carbonyl (C=O) groups excluding carboxylic acids is 1. The van der Waals surface area contributed by atoms with Gasteiger partial charge in [-0.3, -0.25) is 4.79 Å². The first-order chi connectivity index (χ1) is 13.1. The molecule has 1 amide bonds. The predicted molar refractivity (Wildman–Crippen MR) is 111 cm³/mol. The Morgan fingerprint density at radius 2 is 2.22 bits per heavy atom. The number of fused-ring (bicyclic) bond motifs is 3. The van der Waals surface area contributed by atoms with E-state index < -0.39 is 0 Å². The van der Waals surface area contributed by atoms with Crippen molar-refractivity contribution >= 4 is 45.0 Å². The Balaban J connectivity index is 1.53. The summed E-state index contributed by atoms with van der Waals surface area (Å²) in [6.07, 6.45) is 7.71. The van der Waals surface area contributed by atoms with E-state index in [-0.39, 0.29) is 17.2 Å². The van der Waals surface area contributed by atoms with Crippen LogP contribution in [-0.2, 0) is 17.6 Å². The minimum atomic E-state index is -0.264. The van der Waals surface area contributed by atoms with Gasteiger partial charge in [-0.05, 0) is 45.1 Å². The number of hydrogen-bond acceptors (Lipinski definition) is 6. The van der Waals surface area contributed by atoms with Crippen molar-refractivity contribution in [3.8, 4) is 0 Å². The van der Waals surface area contributed by atoms with Gasteiger partial charge in [0.1, 0.15) is 22.0 Å². The molecule has 3 heterocycles. The highest BCUT2D eigenvalue weighted by atomic mass is 32.2. The van der Waals surface area contributed by atoms with Crippen molar-refractivity contribution in [1.29, 1.82) is 0 Å². The first kappa shape index (κ1) is 18.4. The summed E-state index contributed by atoms with van der Waals surface area (Å²) >= 11 is 3.28. The molecule has 2 atom stereocenters. The first-order valence-electron chi connectivity index (χ1n) is 9.34. The minimum Gasteiger partial charge on any atom is -0.310 e. The number of thiophene rings is 1. The maximum Gasteiger partial charge on any atom is 0.238 e. The lowest BCUT2D eigenvalue weighted by molar-refractivity contribution is -0.115. The molecule has 0 fully saturated rings. The van der Waals surface area contributed by atoms with Gasteiger partial charge in [0, 0.05) is 16.3 Å². The molecule has 3 aromatic heterocycles. The molecule has 0 spiro atoms. The normalized spacial score (nSPS) is 15.7. The van der Waals surface area contributed by atoms with Gasteiger partial charge in [0.15, 0.2) is 0 Å². The third kappa shape index (κ3) is 3.48. The third-order valence-corrected chi connectivity index (χ3v) is 7.35. The molecule has 0 aromatic carbocycles. The van der Waals surface area contributed by atoms with E-state index in [4.69, 9.17) is 0 Å². The summed E-state index contributed by atoms with van der Waals surface area (Å²) in [5.74, 6) is 0.703. The van der Waals surface area contributed by atoms with E-state index >= 15 is 0 Å². The van der Waals surface area contributed by atoms with Crippen LogP contribution in [0.5, 0.6) is 0 Å². The van der Waals surface area contributed by atoms with E-state index in [1.807, 2.05) is 17.7 Å². The van der Waals surface area contributed by atoms with Crippen LogP contribution in [-0.4, -0.2) is 30.9 Å². The van der Waals surface area contributed by atoms with Crippen LogP contribution in [0.15, 0.2) is 23.6 Å². The molecule has 3 aromatic rings. The highest BCUT2D eigenvalue weighted by Crippen LogP contribution is 2.40. The zero-order chi connectivity index (χ0) is 19.0. The van der Waals surface area contributed by atoms with Crippen molar-refractivity contribution in [3.63, 3.8) is 0 Å². The van der Waals surface area contributed by atoms with E-state index in [0.29, 0.717) is 0 Å². The average Bonchev–Trinajstić information content (AvgIpc) is 3.36. The largest absolute Gasteiger partial charge is 0.310 e. The van der Waals surface area contributed by atoms with E-state index in [2.05, 4.69) is 34.2 Å². The number of aromatic nitrogens is 4. The second-order valence-corrected chi connectivity index (χ2v) is 9.30. The van der Waals surface area contributed by atoms with Crippen molar-refractivity contribution in [1.82, 2.24) is 19.7 Å². The van der Waals surface area contributed by atoms with Gasteiger partial charge in [-0.25, -0.2) is 14.6 Å². The summed E-state index contributed by atoms with van der Waals surface area (Å²) in [7, 11) is 0. The Bertz CT molecular complexity index is 980. The van der Waals surface area contributed by atoms with Crippen LogP contribution in [0.2, 0.25) is 0 Å². The number of aryl methyl sites for hydroxylation is 2. The molecule has 0 aliphatic heterocycles. The molecule has 8 heteroatoms. The molecule has 0 unspecified atom stereocenters. The minimum absolute atomic E-state index is 0.0382. The molecular weight excluding hydrogens is 378 g/mol. The van der Waals surface area contributed by atoms with Crippen LogP contribution in [0.3, 0.4) is 0 Å². The second kappa shape index (κ2) is 7.59. The molecule has 4 rings (SSSR count). The summed E-state index contributed by atoms with van der Waals surface area (Å²) in [6, 6.07) is 2.09. The number of anilines is 1. The Labute approximate surface area is 166 Å². The van der Waals surface area contributed by atoms with E-state index in [0.717, 1.165) is 40.3 Å². The fourth-order valence-corrected chi connectivity index (χ4v) is 5.62. The monoisotopic (exact) mass is 401 g/mol. The van der Waals surface area contributed by atoms with Crippen LogP contribution in [0.4, 0.5) is 5.82 Å². The maximum absolute atomic E-state index is 12.8. The molecular formula is C19H23N5OS2. The Morgan fingerprint density at radius 3 is 3.04 bits per heavy atom. The topological polar surface area (TPSA) is 72.7 Å². The van der Waals surface area contributed by atoms with Gasteiger partial charge in [-0.15, -0.1) is 11.3 Å². The second-order valence-electron chi connectivity index (χ2n) is 6.88. The maximum atomic E-state index is 12.8. The highest BCUT2D eigenvalue weighted by molar-refractivity contribution is 8.00. The molecule has 0 saturated carbocycles. The number of carbonyl (C=O) groups is 1. The quantitative estimate of drug-likeness (QED) is 0.487. The Kier molecular flexibility index (Phi) is 5.19. The number of nitrogens with one attached hydrogen (secondary N) is 1. The highest BCUT2D eigenvalue weighted by Gasteiger charge is 2.24. The van der Waals surface area contributed by atoms with Crippen molar-refractivity contribution in [2.75, 3.05) is 5.32 Å². The predicted octanol–water partition coefficient (Wildman–Crippen LogP) is 4.47. The zero-order valence-electron chi connectivity index (χ0n) is 15.7. The van der Waals surface area contributed by atoms with Crippen LogP contribution in [0, 0.1) is 0 Å². The number of rotatable bonds is 6. The van der Waals surface area contributed by atoms with Crippen LogP contribution in [0.25, 0.3) is 10.2 Å². The van der Waals surface area contributed by atoms with Crippen molar-refractivity contribution in [3.05, 3.63) is 29.0 Å². The van der Waals surface area contributed by atoms with Gasteiger partial charge in [0.2, 0.25) is 5.91 Å². The smallest absolute Gasteiger partial charge is 0.238 e. The van der Waals surface area contributed by atoms with Gasteiger partial charge in [-0.1, -0.05) is 18.7 Å². The van der Waals surface area contributed by atoms with E-state index in [1.54, 1.807) is 23.9 Å². The Morgan fingerprint density at radius 1 is 1.37 bits per heavy atom. The van der Waals surface area contributed by atoms with Crippen LogP contribution < -0.4 is 5.32 Å². The number of thioether (sulfide) groups is 1. The molecule has 142 valence electrons. The zero-order valence-corrected chi connectivity index (χ0v) is 17.4. The van der Waals surface area contributed by atoms with Crippen molar-refractivity contribution in [2.45, 2.75) is 62.8 Å². The molecule has 1 N–H and O–H groups in total. The molecule has 1 aliphatic carbocycles. The molecule has 0 radical (unpaired) electrons. The SMILES string of the molecule is CC[C@H](C)n1nccc1NC(=O)[C@H](C)Sc1ncnc2sc3c(c12)CCC3. The summed E-state index contributed by atoms with van der Waals surface area (Å²) in [5, 5.41) is 9.16. The summed E-state index contributed by atoms with van der Waals surface area (Å²) in [4.78, 5) is 24.2. The first-order valence-corrected chi connectivity index (χ1v) is 11.0. The van der Waals surface area contributed by atoms with Gasteiger partial charge in [-0.2, -0.15) is 5.10 Å². The molecule has 27 heavy (non-hydrogen) atoms. The van der Waals surface area contributed by atoms with Gasteiger partial charge in [0.05, 0.1) is 17.5 Å². The fraction of sp³-hybridized carbons (Fsp3) is 0.474. The Hall–Kier alpha value is -1.93. The van der Waals surface area contributed by atoms with E-state index in [1.165, 1.54) is 28.6 Å². The molecule has 0 saturated heterocycles.